The number of thiophene rings is 1. The molecule has 0 unspecified atom stereocenters. The molecule has 94 valence electrons. The number of benzene rings is 1. The maximum atomic E-state index is 11.9. The lowest BCUT2D eigenvalue weighted by Crippen LogP contribution is -2.25. The number of rotatable bonds is 4. The molecule has 0 spiro atoms. The normalized spacial score (nSPS) is 10.3. The van der Waals surface area contributed by atoms with E-state index in [1.807, 2.05) is 11.4 Å². The second-order valence-corrected chi connectivity index (χ2v) is 5.39. The van der Waals surface area contributed by atoms with Gasteiger partial charge in [-0.2, -0.15) is 11.3 Å². The van der Waals surface area contributed by atoms with Gasteiger partial charge in [0.1, 0.15) is 0 Å². The summed E-state index contributed by atoms with van der Waals surface area (Å²) in [7, 11) is 0. The Labute approximate surface area is 120 Å². The van der Waals surface area contributed by atoms with Gasteiger partial charge in [0.2, 0.25) is 0 Å². The highest BCUT2D eigenvalue weighted by molar-refractivity contribution is 7.07. The molecule has 2 nitrogen and oxygen atoms in total. The minimum absolute atomic E-state index is 0.197. The predicted molar refractivity (Wildman–Crippen MR) is 76.8 cm³/mol. The summed E-state index contributed by atoms with van der Waals surface area (Å²) in [5.74, 6) is -0.197. The van der Waals surface area contributed by atoms with Crippen LogP contribution >= 0.6 is 34.5 Å². The number of hydrogen-bond donors (Lipinski definition) is 1. The Balaban J connectivity index is 1.93. The Morgan fingerprint density at radius 2 is 2.11 bits per heavy atom. The molecule has 0 aliphatic carbocycles. The third-order valence-corrected chi connectivity index (χ3v) is 3.75. The summed E-state index contributed by atoms with van der Waals surface area (Å²) in [6.07, 6.45) is 0.813. The van der Waals surface area contributed by atoms with Crippen molar-refractivity contribution >= 4 is 40.4 Å². The molecule has 2 rings (SSSR count). The molecule has 0 saturated heterocycles. The van der Waals surface area contributed by atoms with Gasteiger partial charge >= 0.3 is 0 Å². The summed E-state index contributed by atoms with van der Waals surface area (Å²) in [6, 6.07) is 6.90. The van der Waals surface area contributed by atoms with E-state index in [9.17, 15) is 4.79 Å². The van der Waals surface area contributed by atoms with E-state index in [1.165, 1.54) is 5.56 Å². The molecule has 1 N–H and O–H groups in total. The summed E-state index contributed by atoms with van der Waals surface area (Å²) >= 11 is 13.4. The molecule has 0 atom stereocenters. The van der Waals surface area contributed by atoms with Crippen LogP contribution in [0.2, 0.25) is 10.0 Å². The molecule has 18 heavy (non-hydrogen) atoms. The van der Waals surface area contributed by atoms with Crippen LogP contribution in [0.3, 0.4) is 0 Å². The van der Waals surface area contributed by atoms with Crippen molar-refractivity contribution in [1.29, 1.82) is 0 Å². The van der Waals surface area contributed by atoms with E-state index in [0.29, 0.717) is 22.2 Å². The molecule has 0 fully saturated rings. The van der Waals surface area contributed by atoms with Gasteiger partial charge in [0.15, 0.2) is 0 Å². The van der Waals surface area contributed by atoms with Crippen LogP contribution < -0.4 is 5.32 Å². The second-order valence-electron chi connectivity index (χ2n) is 3.76. The lowest BCUT2D eigenvalue weighted by atomic mass is 10.2. The van der Waals surface area contributed by atoms with Crippen LogP contribution in [0.25, 0.3) is 0 Å². The summed E-state index contributed by atoms with van der Waals surface area (Å²) in [6.45, 7) is 0.582. The van der Waals surface area contributed by atoms with Crippen molar-refractivity contribution in [2.24, 2.45) is 0 Å². The standard InChI is InChI=1S/C13H11Cl2NOS/c14-10-1-2-12(15)11(7-10)13(17)16-5-3-9-4-6-18-8-9/h1-2,4,6-8H,3,5H2,(H,16,17). The number of carbonyl (C=O) groups is 1. The van der Waals surface area contributed by atoms with Crippen molar-refractivity contribution in [3.05, 3.63) is 56.2 Å². The number of carbonyl (C=O) groups excluding carboxylic acids is 1. The van der Waals surface area contributed by atoms with Crippen molar-refractivity contribution < 1.29 is 4.79 Å². The molecular formula is C13H11Cl2NOS. The van der Waals surface area contributed by atoms with E-state index in [-0.39, 0.29) is 5.91 Å². The molecule has 5 heteroatoms. The Hall–Kier alpha value is -1.03. The topological polar surface area (TPSA) is 29.1 Å². The highest BCUT2D eigenvalue weighted by atomic mass is 35.5. The van der Waals surface area contributed by atoms with Crippen LogP contribution in [0.15, 0.2) is 35.0 Å². The first-order valence-electron chi connectivity index (χ1n) is 5.41. The van der Waals surface area contributed by atoms with Crippen LogP contribution in [-0.2, 0) is 6.42 Å². The molecule has 0 aliphatic rings. The maximum absolute atomic E-state index is 11.9. The van der Waals surface area contributed by atoms with Gasteiger partial charge in [-0.05, 0) is 47.0 Å². The molecule has 1 heterocycles. The van der Waals surface area contributed by atoms with Crippen molar-refractivity contribution in [3.63, 3.8) is 0 Å². The van der Waals surface area contributed by atoms with E-state index in [2.05, 4.69) is 10.7 Å². The molecule has 1 aromatic heterocycles. The van der Waals surface area contributed by atoms with E-state index in [1.54, 1.807) is 29.5 Å². The highest BCUT2D eigenvalue weighted by Crippen LogP contribution is 2.20. The fraction of sp³-hybridized carbons (Fsp3) is 0.154. The Morgan fingerprint density at radius 3 is 2.83 bits per heavy atom. The number of halogens is 2. The zero-order chi connectivity index (χ0) is 13.0. The molecule has 0 radical (unpaired) electrons. The summed E-state index contributed by atoms with van der Waals surface area (Å²) in [4.78, 5) is 11.9. The SMILES string of the molecule is O=C(NCCc1ccsc1)c1cc(Cl)ccc1Cl. The van der Waals surface area contributed by atoms with Gasteiger partial charge in [0.25, 0.3) is 5.91 Å². The zero-order valence-electron chi connectivity index (χ0n) is 9.45. The largest absolute Gasteiger partial charge is 0.352 e. The number of hydrogen-bond acceptors (Lipinski definition) is 2. The average molecular weight is 300 g/mol. The van der Waals surface area contributed by atoms with Gasteiger partial charge in [-0.3, -0.25) is 4.79 Å². The van der Waals surface area contributed by atoms with Crippen LogP contribution in [0, 0.1) is 0 Å². The van der Waals surface area contributed by atoms with E-state index >= 15 is 0 Å². The monoisotopic (exact) mass is 299 g/mol. The lowest BCUT2D eigenvalue weighted by molar-refractivity contribution is 0.0954. The van der Waals surface area contributed by atoms with Crippen LogP contribution in [-0.4, -0.2) is 12.5 Å². The minimum atomic E-state index is -0.197. The molecule has 2 aromatic rings. The van der Waals surface area contributed by atoms with Crippen molar-refractivity contribution in [3.8, 4) is 0 Å². The molecular weight excluding hydrogens is 289 g/mol. The van der Waals surface area contributed by atoms with E-state index in [0.717, 1.165) is 6.42 Å². The maximum Gasteiger partial charge on any atom is 0.252 e. The first-order chi connectivity index (χ1) is 8.66. The van der Waals surface area contributed by atoms with Gasteiger partial charge in [-0.15, -0.1) is 0 Å². The zero-order valence-corrected chi connectivity index (χ0v) is 11.8. The van der Waals surface area contributed by atoms with Crippen molar-refractivity contribution in [2.75, 3.05) is 6.54 Å². The summed E-state index contributed by atoms with van der Waals surface area (Å²) < 4.78 is 0. The number of amides is 1. The van der Waals surface area contributed by atoms with Gasteiger partial charge in [-0.25, -0.2) is 0 Å². The molecule has 1 aromatic carbocycles. The third-order valence-electron chi connectivity index (χ3n) is 2.45. The van der Waals surface area contributed by atoms with Gasteiger partial charge in [0.05, 0.1) is 10.6 Å². The van der Waals surface area contributed by atoms with Crippen LogP contribution in [0.5, 0.6) is 0 Å². The third kappa shape index (κ3) is 3.48. The molecule has 0 bridgehead atoms. The summed E-state index contributed by atoms with van der Waals surface area (Å²) in [5, 5.41) is 7.83. The average Bonchev–Trinajstić information content (AvgIpc) is 2.85. The number of nitrogens with one attached hydrogen (secondary N) is 1. The Kier molecular flexibility index (Phi) is 4.64. The first kappa shape index (κ1) is 13.4. The van der Waals surface area contributed by atoms with Crippen molar-refractivity contribution in [2.45, 2.75) is 6.42 Å². The second kappa shape index (κ2) is 6.23. The molecule has 0 aliphatic heterocycles. The molecule has 1 amide bonds. The minimum Gasteiger partial charge on any atom is -0.352 e. The summed E-state index contributed by atoms with van der Waals surface area (Å²) in [5.41, 5.74) is 1.63. The fourth-order valence-electron chi connectivity index (χ4n) is 1.52. The quantitative estimate of drug-likeness (QED) is 0.907. The van der Waals surface area contributed by atoms with Gasteiger partial charge in [0, 0.05) is 11.6 Å². The van der Waals surface area contributed by atoms with E-state index in [4.69, 9.17) is 23.2 Å². The van der Waals surface area contributed by atoms with E-state index < -0.39 is 0 Å². The fourth-order valence-corrected chi connectivity index (χ4v) is 2.60. The van der Waals surface area contributed by atoms with Crippen molar-refractivity contribution in [1.82, 2.24) is 5.32 Å². The Morgan fingerprint density at radius 1 is 1.28 bits per heavy atom. The highest BCUT2D eigenvalue weighted by Gasteiger charge is 2.10. The lowest BCUT2D eigenvalue weighted by Gasteiger charge is -2.06. The van der Waals surface area contributed by atoms with Gasteiger partial charge in [-0.1, -0.05) is 23.2 Å². The smallest absolute Gasteiger partial charge is 0.252 e. The predicted octanol–water partition coefficient (Wildman–Crippen LogP) is 4.03. The van der Waals surface area contributed by atoms with Crippen LogP contribution in [0.1, 0.15) is 15.9 Å². The van der Waals surface area contributed by atoms with Gasteiger partial charge < -0.3 is 5.32 Å². The Bertz CT molecular complexity index is 540. The van der Waals surface area contributed by atoms with Crippen LogP contribution in [0.4, 0.5) is 0 Å². The molecule has 0 saturated carbocycles. The first-order valence-corrected chi connectivity index (χ1v) is 7.11.